The number of hydrogen-bond donors (Lipinski definition) is 0. The highest BCUT2D eigenvalue weighted by molar-refractivity contribution is 9.09. The van der Waals surface area contributed by atoms with Crippen LogP contribution in [0.4, 0.5) is 13.2 Å². The van der Waals surface area contributed by atoms with Crippen LogP contribution < -0.4 is 0 Å². The van der Waals surface area contributed by atoms with Crippen LogP contribution in [-0.2, 0) is 4.74 Å². The van der Waals surface area contributed by atoms with Crippen LogP contribution in [0.25, 0.3) is 0 Å². The Morgan fingerprint density at radius 1 is 1.38 bits per heavy atom. The maximum absolute atomic E-state index is 11.7. The van der Waals surface area contributed by atoms with E-state index in [2.05, 4.69) is 27.2 Å². The monoisotopic (exact) mass is 260 g/mol. The Balaban J connectivity index is 3.81. The van der Waals surface area contributed by atoms with Crippen molar-refractivity contribution in [1.82, 2.24) is 0 Å². The van der Waals surface area contributed by atoms with E-state index in [1.165, 1.54) is 0 Å². The van der Waals surface area contributed by atoms with E-state index in [0.29, 0.717) is 5.33 Å². The fourth-order valence-electron chi connectivity index (χ4n) is 0.552. The van der Waals surface area contributed by atoms with Gasteiger partial charge in [-0.3, -0.25) is 0 Å². The van der Waals surface area contributed by atoms with E-state index in [0.717, 1.165) is 0 Å². The molecule has 0 aliphatic carbocycles. The summed E-state index contributed by atoms with van der Waals surface area (Å²) in [4.78, 5) is 0. The lowest BCUT2D eigenvalue weighted by molar-refractivity contribution is -0.177. The molecule has 1 atom stereocenters. The van der Waals surface area contributed by atoms with Gasteiger partial charge in [0.1, 0.15) is 6.61 Å². The van der Waals surface area contributed by atoms with E-state index in [1.807, 2.05) is 0 Å². The molecule has 0 spiro atoms. The zero-order valence-electron chi connectivity index (χ0n) is 7.33. The standard InChI is InChI=1S/C8H12BrF3O/c1-3-7(2,4-9)5-13-6-8(10,11)12/h3H,1,4-6H2,2H3. The third-order valence-corrected chi connectivity index (χ3v) is 2.78. The van der Waals surface area contributed by atoms with Gasteiger partial charge in [-0.2, -0.15) is 13.2 Å². The van der Waals surface area contributed by atoms with Gasteiger partial charge in [0.05, 0.1) is 6.61 Å². The molecule has 0 amide bonds. The van der Waals surface area contributed by atoms with Crippen LogP contribution in [-0.4, -0.2) is 24.7 Å². The average Bonchev–Trinajstić information content (AvgIpc) is 2.02. The van der Waals surface area contributed by atoms with Gasteiger partial charge in [-0.05, 0) is 0 Å². The molecule has 0 aliphatic rings. The molecule has 0 fully saturated rings. The van der Waals surface area contributed by atoms with E-state index >= 15 is 0 Å². The largest absolute Gasteiger partial charge is 0.411 e. The molecular formula is C8H12BrF3O. The minimum absolute atomic E-state index is 0.0151. The molecule has 0 aromatic heterocycles. The lowest BCUT2D eigenvalue weighted by Gasteiger charge is -2.22. The maximum atomic E-state index is 11.7. The Morgan fingerprint density at radius 3 is 2.23 bits per heavy atom. The van der Waals surface area contributed by atoms with Crippen molar-refractivity contribution in [1.29, 1.82) is 0 Å². The topological polar surface area (TPSA) is 9.23 Å². The van der Waals surface area contributed by atoms with Crippen LogP contribution >= 0.6 is 15.9 Å². The highest BCUT2D eigenvalue weighted by Gasteiger charge is 2.29. The number of rotatable bonds is 5. The Morgan fingerprint density at radius 2 is 1.92 bits per heavy atom. The molecule has 1 unspecified atom stereocenters. The molecule has 0 aromatic carbocycles. The number of ether oxygens (including phenoxy) is 1. The molecule has 0 N–H and O–H groups in total. The first-order chi connectivity index (χ1) is 5.83. The van der Waals surface area contributed by atoms with E-state index < -0.39 is 18.2 Å². The molecule has 0 radical (unpaired) electrons. The van der Waals surface area contributed by atoms with Gasteiger partial charge in [-0.25, -0.2) is 0 Å². The number of halogens is 4. The van der Waals surface area contributed by atoms with Gasteiger partial charge in [-0.1, -0.05) is 28.9 Å². The molecule has 0 saturated heterocycles. The summed E-state index contributed by atoms with van der Waals surface area (Å²) >= 11 is 3.18. The van der Waals surface area contributed by atoms with E-state index in [-0.39, 0.29) is 6.61 Å². The first kappa shape index (κ1) is 13.0. The summed E-state index contributed by atoms with van der Waals surface area (Å²) in [5, 5.41) is 0.529. The van der Waals surface area contributed by atoms with E-state index in [1.54, 1.807) is 13.0 Å². The second-order valence-electron chi connectivity index (χ2n) is 3.10. The summed E-state index contributed by atoms with van der Waals surface area (Å²) in [5.74, 6) is 0. The molecular weight excluding hydrogens is 249 g/mol. The molecule has 0 heterocycles. The van der Waals surface area contributed by atoms with Crippen molar-refractivity contribution in [2.75, 3.05) is 18.5 Å². The first-order valence-corrected chi connectivity index (χ1v) is 4.79. The summed E-state index contributed by atoms with van der Waals surface area (Å²) in [6.07, 6.45) is -2.67. The molecule has 0 bridgehead atoms. The van der Waals surface area contributed by atoms with Crippen molar-refractivity contribution in [3.8, 4) is 0 Å². The van der Waals surface area contributed by atoms with Crippen LogP contribution in [0.2, 0.25) is 0 Å². The minimum atomic E-state index is -4.26. The Hall–Kier alpha value is -0.0300. The van der Waals surface area contributed by atoms with Gasteiger partial charge in [0, 0.05) is 10.7 Å². The molecule has 1 nitrogen and oxygen atoms in total. The highest BCUT2D eigenvalue weighted by atomic mass is 79.9. The van der Waals surface area contributed by atoms with Crippen molar-refractivity contribution in [2.24, 2.45) is 5.41 Å². The average molecular weight is 261 g/mol. The molecule has 78 valence electrons. The van der Waals surface area contributed by atoms with Crippen LogP contribution in [0, 0.1) is 5.41 Å². The highest BCUT2D eigenvalue weighted by Crippen LogP contribution is 2.22. The second-order valence-corrected chi connectivity index (χ2v) is 3.66. The van der Waals surface area contributed by atoms with Gasteiger partial charge >= 0.3 is 6.18 Å². The fraction of sp³-hybridized carbons (Fsp3) is 0.750. The van der Waals surface area contributed by atoms with Crippen LogP contribution in [0.15, 0.2) is 12.7 Å². The predicted molar refractivity (Wildman–Crippen MR) is 49.0 cm³/mol. The Labute approximate surface area is 84.1 Å². The van der Waals surface area contributed by atoms with Crippen molar-refractivity contribution in [3.63, 3.8) is 0 Å². The van der Waals surface area contributed by atoms with E-state index in [9.17, 15) is 13.2 Å². The number of hydrogen-bond acceptors (Lipinski definition) is 1. The quantitative estimate of drug-likeness (QED) is 0.545. The predicted octanol–water partition coefficient (Wildman–Crippen LogP) is 3.15. The van der Waals surface area contributed by atoms with Gasteiger partial charge < -0.3 is 4.74 Å². The zero-order valence-corrected chi connectivity index (χ0v) is 8.91. The summed E-state index contributed by atoms with van der Waals surface area (Å²) in [6, 6.07) is 0. The third kappa shape index (κ3) is 6.10. The minimum Gasteiger partial charge on any atom is -0.371 e. The smallest absolute Gasteiger partial charge is 0.371 e. The fourth-order valence-corrected chi connectivity index (χ4v) is 0.943. The molecule has 0 rings (SSSR count). The maximum Gasteiger partial charge on any atom is 0.411 e. The third-order valence-electron chi connectivity index (χ3n) is 1.50. The van der Waals surface area contributed by atoms with Gasteiger partial charge in [0.25, 0.3) is 0 Å². The first-order valence-electron chi connectivity index (χ1n) is 3.67. The number of alkyl halides is 4. The van der Waals surface area contributed by atoms with Crippen LogP contribution in [0.3, 0.4) is 0 Å². The summed E-state index contributed by atoms with van der Waals surface area (Å²) in [6.45, 7) is 4.11. The van der Waals surface area contributed by atoms with Crippen LogP contribution in [0.1, 0.15) is 6.92 Å². The van der Waals surface area contributed by atoms with Crippen molar-refractivity contribution < 1.29 is 17.9 Å². The lowest BCUT2D eigenvalue weighted by Crippen LogP contribution is -2.26. The Kier molecular flexibility index (Phi) is 4.99. The van der Waals surface area contributed by atoms with Crippen molar-refractivity contribution >= 4 is 15.9 Å². The second kappa shape index (κ2) is 5.00. The molecule has 5 heteroatoms. The van der Waals surface area contributed by atoms with E-state index in [4.69, 9.17) is 0 Å². The van der Waals surface area contributed by atoms with Gasteiger partial charge in [0.2, 0.25) is 0 Å². The summed E-state index contributed by atoms with van der Waals surface area (Å²) < 4.78 is 39.5. The van der Waals surface area contributed by atoms with Crippen molar-refractivity contribution in [2.45, 2.75) is 13.1 Å². The molecule has 0 aliphatic heterocycles. The molecule has 0 saturated carbocycles. The molecule has 0 aromatic rings. The SMILES string of the molecule is C=CC(C)(CBr)COCC(F)(F)F. The van der Waals surface area contributed by atoms with Crippen LogP contribution in [0.5, 0.6) is 0 Å². The summed E-state index contributed by atoms with van der Waals surface area (Å²) in [5.41, 5.74) is -0.439. The lowest BCUT2D eigenvalue weighted by atomic mass is 9.95. The zero-order chi connectivity index (χ0) is 10.5. The normalized spacial score (nSPS) is 16.7. The van der Waals surface area contributed by atoms with Crippen molar-refractivity contribution in [3.05, 3.63) is 12.7 Å². The summed E-state index contributed by atoms with van der Waals surface area (Å²) in [7, 11) is 0. The molecule has 13 heavy (non-hydrogen) atoms. The van der Waals surface area contributed by atoms with Gasteiger partial charge in [0.15, 0.2) is 0 Å². The van der Waals surface area contributed by atoms with Gasteiger partial charge in [-0.15, -0.1) is 6.58 Å². The Bertz CT molecular complexity index is 169.